The zero-order valence-corrected chi connectivity index (χ0v) is 46.3. The van der Waals surface area contributed by atoms with Crippen molar-refractivity contribution in [3.05, 3.63) is 82.9 Å². The van der Waals surface area contributed by atoms with Crippen molar-refractivity contribution in [2.24, 2.45) is 5.92 Å². The van der Waals surface area contributed by atoms with Gasteiger partial charge < -0.3 is 64.2 Å². The summed E-state index contributed by atoms with van der Waals surface area (Å²) in [5.41, 5.74) is 2.40. The van der Waals surface area contributed by atoms with E-state index in [2.05, 4.69) is 34.0 Å². The van der Waals surface area contributed by atoms with Crippen molar-refractivity contribution >= 4 is 66.1 Å². The number of nitrogens with zero attached hydrogens (tertiary/aromatic N) is 5. The molecule has 8 rings (SSSR count). The lowest BCUT2D eigenvalue weighted by Crippen LogP contribution is -2.56. The molecule has 0 spiro atoms. The number of nitrogens with one attached hydrogen (secondary N) is 4. The smallest absolute Gasteiger partial charge is 0.407 e. The SMILES string of the molecule is COC[C@H]1C[C@@H](C(=O)Nc2ccc([C@H]3CC[C@H](c4cc5[nH]c([C@@H]6CCCN6C(=O)[C@@H](NC(=O)OC)[C@@H](C)OC)nc5cc4F)N3c3cc(F)c(N4CC[Si](C)(C)CC4)c(F)c3)cc2)N(C(=O)[C@@H](NC(=O)OC)[C@@H](C)OC)C1. The van der Waals surface area contributed by atoms with Gasteiger partial charge >= 0.3 is 12.2 Å². The van der Waals surface area contributed by atoms with Crippen LogP contribution in [0.5, 0.6) is 0 Å². The van der Waals surface area contributed by atoms with Crippen LogP contribution >= 0.6 is 0 Å². The monoisotopic (exact) mass is 1090 g/mol. The van der Waals surface area contributed by atoms with Crippen molar-refractivity contribution in [3.8, 4) is 0 Å². The molecule has 0 radical (unpaired) electrons. The highest BCUT2D eigenvalue weighted by atomic mass is 28.3. The number of methoxy groups -OCH3 is 5. The van der Waals surface area contributed by atoms with E-state index in [0.717, 1.165) is 17.7 Å². The van der Waals surface area contributed by atoms with Crippen LogP contribution in [0.25, 0.3) is 11.0 Å². The van der Waals surface area contributed by atoms with Gasteiger partial charge in [-0.05, 0) is 93.9 Å². The zero-order valence-electron chi connectivity index (χ0n) is 45.3. The zero-order chi connectivity index (χ0) is 55.5. The first-order valence-corrected chi connectivity index (χ1v) is 29.7. The first kappa shape index (κ1) is 56.8. The Bertz CT molecular complexity index is 2770. The topological polar surface area (TPSA) is 209 Å². The molecule has 23 heteroatoms. The number of ether oxygens (including phenoxy) is 5. The van der Waals surface area contributed by atoms with Crippen LogP contribution in [0.1, 0.15) is 81.0 Å². The molecule has 4 aromatic rings. The number of halogens is 3. The average Bonchev–Trinajstić information content (AvgIpc) is 4.28. The van der Waals surface area contributed by atoms with Crippen molar-refractivity contribution in [1.82, 2.24) is 30.4 Å². The van der Waals surface area contributed by atoms with Crippen LogP contribution in [0, 0.1) is 23.4 Å². The van der Waals surface area contributed by atoms with E-state index >= 15 is 13.2 Å². The second-order valence-corrected chi connectivity index (χ2v) is 26.7. The number of carbonyl (C=O) groups is 5. The van der Waals surface area contributed by atoms with Gasteiger partial charge in [0.2, 0.25) is 17.7 Å². The summed E-state index contributed by atoms with van der Waals surface area (Å²) in [5, 5.41) is 8.08. The second-order valence-electron chi connectivity index (χ2n) is 21.4. The number of fused-ring (bicyclic) bond motifs is 1. The molecule has 77 heavy (non-hydrogen) atoms. The van der Waals surface area contributed by atoms with Crippen LogP contribution in [-0.4, -0.2) is 156 Å². The van der Waals surface area contributed by atoms with Crippen LogP contribution in [0.15, 0.2) is 48.5 Å². The van der Waals surface area contributed by atoms with Crippen LogP contribution in [0.2, 0.25) is 25.2 Å². The van der Waals surface area contributed by atoms with E-state index < -0.39 is 98.0 Å². The summed E-state index contributed by atoms with van der Waals surface area (Å²) in [6.07, 6.45) is -0.707. The molecule has 0 saturated carbocycles. The highest BCUT2D eigenvalue weighted by Gasteiger charge is 2.45. The van der Waals surface area contributed by atoms with Crippen molar-refractivity contribution < 1.29 is 60.8 Å². The number of anilines is 3. The Labute approximate surface area is 447 Å². The molecule has 4 N–H and O–H groups in total. The third-order valence-electron chi connectivity index (χ3n) is 16.0. The van der Waals surface area contributed by atoms with Crippen LogP contribution in [0.3, 0.4) is 0 Å². The van der Waals surface area contributed by atoms with Crippen molar-refractivity contribution in [3.63, 3.8) is 0 Å². The molecule has 1 aromatic heterocycles. The number of likely N-dealkylation sites (tertiary alicyclic amines) is 2. The van der Waals surface area contributed by atoms with Crippen LogP contribution in [-0.2, 0) is 38.1 Å². The Balaban J connectivity index is 1.09. The fraction of sp³-hybridized carbons (Fsp3) is 0.556. The molecule has 9 atom stereocenters. The Morgan fingerprint density at radius 3 is 1.94 bits per heavy atom. The Morgan fingerprint density at radius 2 is 1.35 bits per heavy atom. The number of H-pyrrole nitrogens is 1. The van der Waals surface area contributed by atoms with Crippen molar-refractivity contribution in [2.45, 2.75) is 120 Å². The fourth-order valence-corrected chi connectivity index (χ4v) is 13.5. The number of hydrogen-bond donors (Lipinski definition) is 4. The molecule has 5 heterocycles. The van der Waals surface area contributed by atoms with E-state index in [1.807, 2.05) is 17.0 Å². The molecule has 5 amide bonds. The number of hydrogen-bond acceptors (Lipinski definition) is 13. The largest absolute Gasteiger partial charge is 0.453 e. The van der Waals surface area contributed by atoms with E-state index in [9.17, 15) is 24.0 Å². The van der Waals surface area contributed by atoms with Gasteiger partial charge in [-0.2, -0.15) is 0 Å². The molecule has 0 unspecified atom stereocenters. The lowest BCUT2D eigenvalue weighted by atomic mass is 10.0. The van der Waals surface area contributed by atoms with Gasteiger partial charge in [0.1, 0.15) is 35.5 Å². The van der Waals surface area contributed by atoms with E-state index in [-0.39, 0.29) is 35.3 Å². The van der Waals surface area contributed by atoms with Gasteiger partial charge in [-0.25, -0.2) is 27.7 Å². The molecular formula is C54H72F3N9O10Si. The van der Waals surface area contributed by atoms with Gasteiger partial charge in [0, 0.05) is 76.4 Å². The predicted octanol–water partition coefficient (Wildman–Crippen LogP) is 7.58. The number of carbonyl (C=O) groups excluding carboxylic acids is 5. The molecule has 418 valence electrons. The fourth-order valence-electron chi connectivity index (χ4n) is 11.5. The number of aromatic amines is 1. The molecule has 3 aromatic carbocycles. The maximum atomic E-state index is 16.9. The normalized spacial score (nSPS) is 22.9. The van der Waals surface area contributed by atoms with E-state index in [1.165, 1.54) is 51.5 Å². The van der Waals surface area contributed by atoms with Gasteiger partial charge in [-0.1, -0.05) is 25.2 Å². The molecule has 0 bridgehead atoms. The highest BCUT2D eigenvalue weighted by Crippen LogP contribution is 2.49. The lowest BCUT2D eigenvalue weighted by molar-refractivity contribution is -0.141. The second kappa shape index (κ2) is 24.1. The summed E-state index contributed by atoms with van der Waals surface area (Å²) >= 11 is 0. The maximum absolute atomic E-state index is 16.9. The van der Waals surface area contributed by atoms with E-state index in [0.29, 0.717) is 80.9 Å². The molecule has 4 saturated heterocycles. The van der Waals surface area contributed by atoms with Crippen LogP contribution < -0.4 is 25.8 Å². The lowest BCUT2D eigenvalue weighted by Gasteiger charge is -2.38. The molecule has 4 aliphatic heterocycles. The number of amides is 5. The maximum Gasteiger partial charge on any atom is 0.407 e. The van der Waals surface area contributed by atoms with Gasteiger partial charge in [0.25, 0.3) is 0 Å². The molecular weight excluding hydrogens is 1020 g/mol. The van der Waals surface area contributed by atoms with Crippen molar-refractivity contribution in [1.29, 1.82) is 0 Å². The number of aromatic nitrogens is 2. The third-order valence-corrected chi connectivity index (χ3v) is 19.2. The van der Waals surface area contributed by atoms with E-state index in [4.69, 9.17) is 28.7 Å². The molecule has 4 aliphatic rings. The summed E-state index contributed by atoms with van der Waals surface area (Å²) in [6, 6.07) is 9.68. The third kappa shape index (κ3) is 12.2. The summed E-state index contributed by atoms with van der Waals surface area (Å²) in [7, 11) is 5.30. The van der Waals surface area contributed by atoms with E-state index in [1.54, 1.807) is 49.0 Å². The number of imidazole rings is 1. The Hall–Kier alpha value is -6.43. The first-order chi connectivity index (χ1) is 36.8. The summed E-state index contributed by atoms with van der Waals surface area (Å²) in [5.74, 6) is -3.11. The summed E-state index contributed by atoms with van der Waals surface area (Å²) in [6.45, 7) is 9.83. The van der Waals surface area contributed by atoms with Gasteiger partial charge in [0.15, 0.2) is 11.6 Å². The highest BCUT2D eigenvalue weighted by molar-refractivity contribution is 6.77. The van der Waals surface area contributed by atoms with Crippen LogP contribution in [0.4, 0.5) is 39.8 Å². The molecule has 4 fully saturated rings. The van der Waals surface area contributed by atoms with Gasteiger partial charge in [-0.3, -0.25) is 14.4 Å². The standard InChI is InChI=1S/C54H72F3N9O10Si/c1-30(73-4)46(61-53(70)75-6)51(68)64-18-10-11-44(64)49-59-40-26-36(37(55)27-41(40)60-49)43-17-16-42(66(43)35-24-38(56)48(39(57)25-35)63-19-21-77(8,9)22-20-63)33-12-14-34(15-13-33)58-50(67)45-23-32(29-72-3)28-65(45)52(69)47(31(2)74-5)62-54(71)76-7/h12-15,24-27,30-32,42-47H,10-11,16-23,28-29H2,1-9H3,(H,58,67)(H,59,60)(H,61,70)(H,62,71)/t30-,31-,32+,42-,43-,44+,45+,46+,47+/m1/s1. The summed E-state index contributed by atoms with van der Waals surface area (Å²) < 4.78 is 75.8. The molecule has 0 aliphatic carbocycles. The molecule has 19 nitrogen and oxygen atoms in total. The number of alkyl carbamates (subject to hydrolysis) is 2. The predicted molar refractivity (Wildman–Crippen MR) is 285 cm³/mol. The number of rotatable bonds is 17. The Morgan fingerprint density at radius 1 is 0.753 bits per heavy atom. The van der Waals surface area contributed by atoms with Gasteiger partial charge in [-0.15, -0.1) is 0 Å². The minimum absolute atomic E-state index is 0.0775. The van der Waals surface area contributed by atoms with Crippen molar-refractivity contribution in [2.75, 3.05) is 83.5 Å². The number of benzene rings is 3. The van der Waals surface area contributed by atoms with Gasteiger partial charge in [0.05, 0.1) is 70.3 Å². The first-order valence-electron chi connectivity index (χ1n) is 26.3. The quantitative estimate of drug-likeness (QED) is 0.0753. The minimum Gasteiger partial charge on any atom is -0.453 e. The summed E-state index contributed by atoms with van der Waals surface area (Å²) in [4.78, 5) is 81.5. The minimum atomic E-state index is -1.47. The average molecular weight is 1090 g/mol. The Kier molecular flexibility index (Phi) is 17.7.